The Kier molecular flexibility index (Phi) is 2.83. The van der Waals surface area contributed by atoms with E-state index in [-0.39, 0.29) is 12.6 Å². The zero-order chi connectivity index (χ0) is 9.14. The highest BCUT2D eigenvalue weighted by atomic mass is 32.1. The Bertz CT molecular complexity index is 290. The molecule has 0 bridgehead atoms. The molecule has 0 fully saturated rings. The van der Waals surface area contributed by atoms with Gasteiger partial charge in [0, 0.05) is 5.56 Å². The lowest BCUT2D eigenvalue weighted by molar-refractivity contribution is 0.0603. The lowest BCUT2D eigenvalue weighted by Crippen LogP contribution is -2.02. The highest BCUT2D eigenvalue weighted by molar-refractivity contribution is 7.12. The van der Waals surface area contributed by atoms with E-state index in [9.17, 15) is 4.79 Å². The predicted molar refractivity (Wildman–Crippen MR) is 46.3 cm³/mol. The van der Waals surface area contributed by atoms with Gasteiger partial charge in [-0.2, -0.15) is 0 Å². The molecule has 1 aromatic heterocycles. The molecule has 0 spiro atoms. The van der Waals surface area contributed by atoms with Crippen LogP contribution in [0.15, 0.2) is 5.38 Å². The molecule has 0 atom stereocenters. The molecule has 0 unspecified atom stereocenters. The fourth-order valence-electron chi connectivity index (χ4n) is 0.929. The number of carbonyl (C=O) groups excluding carboxylic acids is 1. The first-order valence-corrected chi connectivity index (χ1v) is 4.34. The van der Waals surface area contributed by atoms with E-state index in [1.807, 2.05) is 12.3 Å². The van der Waals surface area contributed by atoms with Gasteiger partial charge < -0.3 is 9.84 Å². The maximum absolute atomic E-state index is 11.1. The number of esters is 1. The summed E-state index contributed by atoms with van der Waals surface area (Å²) in [4.78, 5) is 11.6. The highest BCUT2D eigenvalue weighted by Gasteiger charge is 2.14. The van der Waals surface area contributed by atoms with Gasteiger partial charge in [-0.25, -0.2) is 4.79 Å². The van der Waals surface area contributed by atoms with E-state index in [0.29, 0.717) is 10.4 Å². The Morgan fingerprint density at radius 2 is 2.42 bits per heavy atom. The molecule has 0 saturated heterocycles. The number of carbonyl (C=O) groups is 1. The topological polar surface area (TPSA) is 46.5 Å². The summed E-state index contributed by atoms with van der Waals surface area (Å²) in [5, 5.41) is 10.8. The van der Waals surface area contributed by atoms with Crippen molar-refractivity contribution in [1.29, 1.82) is 0 Å². The minimum atomic E-state index is -0.378. The number of hydrogen-bond acceptors (Lipinski definition) is 4. The van der Waals surface area contributed by atoms with Gasteiger partial charge in [-0.3, -0.25) is 0 Å². The van der Waals surface area contributed by atoms with Crippen molar-refractivity contribution < 1.29 is 14.6 Å². The van der Waals surface area contributed by atoms with Crippen LogP contribution >= 0.6 is 11.3 Å². The van der Waals surface area contributed by atoms with Gasteiger partial charge in [0.05, 0.1) is 13.7 Å². The van der Waals surface area contributed by atoms with Crippen LogP contribution in [-0.4, -0.2) is 18.2 Å². The average molecular weight is 186 g/mol. The smallest absolute Gasteiger partial charge is 0.348 e. The van der Waals surface area contributed by atoms with Gasteiger partial charge in [-0.15, -0.1) is 11.3 Å². The summed E-state index contributed by atoms with van der Waals surface area (Å²) in [6, 6.07) is 0. The molecule has 0 aliphatic rings. The second-order valence-corrected chi connectivity index (χ2v) is 3.26. The summed E-state index contributed by atoms with van der Waals surface area (Å²) in [5.74, 6) is -0.378. The van der Waals surface area contributed by atoms with Crippen molar-refractivity contribution >= 4 is 17.3 Å². The molecule has 0 radical (unpaired) electrons. The largest absolute Gasteiger partial charge is 0.465 e. The Hall–Kier alpha value is -0.870. The second kappa shape index (κ2) is 3.69. The molecule has 1 N–H and O–H groups in total. The molecule has 1 heterocycles. The maximum Gasteiger partial charge on any atom is 0.348 e. The standard InChI is InChI=1S/C8H10O3S/c1-5-4-12-7(6(5)3-9)8(10)11-2/h4,9H,3H2,1-2H3. The second-order valence-electron chi connectivity index (χ2n) is 2.38. The lowest BCUT2D eigenvalue weighted by atomic mass is 10.2. The number of ether oxygens (including phenoxy) is 1. The van der Waals surface area contributed by atoms with E-state index in [4.69, 9.17) is 5.11 Å². The van der Waals surface area contributed by atoms with Crippen molar-refractivity contribution in [3.63, 3.8) is 0 Å². The molecule has 66 valence electrons. The summed E-state index contributed by atoms with van der Waals surface area (Å²) in [7, 11) is 1.33. The Morgan fingerprint density at radius 3 is 2.92 bits per heavy atom. The predicted octanol–water partition coefficient (Wildman–Crippen LogP) is 1.34. The van der Waals surface area contributed by atoms with Gasteiger partial charge in [0.15, 0.2) is 0 Å². The van der Waals surface area contributed by atoms with Gasteiger partial charge in [-0.1, -0.05) is 0 Å². The summed E-state index contributed by atoms with van der Waals surface area (Å²) in [6.07, 6.45) is 0. The van der Waals surface area contributed by atoms with Crippen LogP contribution in [0.3, 0.4) is 0 Å². The molecule has 4 heteroatoms. The molecule has 0 aliphatic heterocycles. The van der Waals surface area contributed by atoms with Crippen molar-refractivity contribution in [1.82, 2.24) is 0 Å². The Labute approximate surface area is 74.6 Å². The van der Waals surface area contributed by atoms with Crippen LogP contribution in [0.25, 0.3) is 0 Å². The summed E-state index contributed by atoms with van der Waals surface area (Å²) in [6.45, 7) is 1.74. The van der Waals surface area contributed by atoms with Crippen molar-refractivity contribution in [3.8, 4) is 0 Å². The first kappa shape index (κ1) is 9.22. The zero-order valence-electron chi connectivity index (χ0n) is 6.96. The summed E-state index contributed by atoms with van der Waals surface area (Å²) < 4.78 is 4.55. The molecule has 12 heavy (non-hydrogen) atoms. The number of aliphatic hydroxyl groups is 1. The summed E-state index contributed by atoms with van der Waals surface area (Å²) >= 11 is 1.30. The minimum absolute atomic E-state index is 0.111. The molecule has 0 saturated carbocycles. The molecule has 1 aromatic rings. The maximum atomic E-state index is 11.1. The monoisotopic (exact) mass is 186 g/mol. The molecular weight excluding hydrogens is 176 g/mol. The van der Waals surface area contributed by atoms with Crippen LogP contribution in [-0.2, 0) is 11.3 Å². The first-order valence-electron chi connectivity index (χ1n) is 3.46. The number of aryl methyl sites for hydroxylation is 1. The minimum Gasteiger partial charge on any atom is -0.465 e. The van der Waals surface area contributed by atoms with Crippen LogP contribution < -0.4 is 0 Å². The first-order chi connectivity index (χ1) is 5.70. The van der Waals surface area contributed by atoms with Gasteiger partial charge in [0.2, 0.25) is 0 Å². The van der Waals surface area contributed by atoms with Gasteiger partial charge >= 0.3 is 5.97 Å². The van der Waals surface area contributed by atoms with Crippen molar-refractivity contribution in [3.05, 3.63) is 21.4 Å². The van der Waals surface area contributed by atoms with E-state index < -0.39 is 0 Å². The zero-order valence-corrected chi connectivity index (χ0v) is 7.77. The van der Waals surface area contributed by atoms with E-state index in [1.165, 1.54) is 18.4 Å². The van der Waals surface area contributed by atoms with E-state index in [1.54, 1.807) is 0 Å². The average Bonchev–Trinajstić information content (AvgIpc) is 2.45. The normalized spacial score (nSPS) is 9.92. The number of hydrogen-bond donors (Lipinski definition) is 1. The molecular formula is C8H10O3S. The number of thiophene rings is 1. The van der Waals surface area contributed by atoms with Crippen LogP contribution in [0.4, 0.5) is 0 Å². The van der Waals surface area contributed by atoms with Crippen LogP contribution in [0, 0.1) is 6.92 Å². The SMILES string of the molecule is COC(=O)c1scc(C)c1CO. The third-order valence-electron chi connectivity index (χ3n) is 1.63. The molecule has 0 amide bonds. The number of rotatable bonds is 2. The van der Waals surface area contributed by atoms with Crippen LogP contribution in [0.2, 0.25) is 0 Å². The van der Waals surface area contributed by atoms with Gasteiger partial charge in [0.1, 0.15) is 4.88 Å². The third-order valence-corrected chi connectivity index (χ3v) is 2.75. The Morgan fingerprint density at radius 1 is 1.75 bits per heavy atom. The van der Waals surface area contributed by atoms with Crippen molar-refractivity contribution in [2.24, 2.45) is 0 Å². The molecule has 0 aliphatic carbocycles. The fraction of sp³-hybridized carbons (Fsp3) is 0.375. The number of aliphatic hydroxyl groups excluding tert-OH is 1. The lowest BCUT2D eigenvalue weighted by Gasteiger charge is -1.98. The van der Waals surface area contributed by atoms with E-state index in [2.05, 4.69) is 4.74 Å². The molecule has 0 aromatic carbocycles. The van der Waals surface area contributed by atoms with Gasteiger partial charge in [-0.05, 0) is 17.9 Å². The fourth-order valence-corrected chi connectivity index (χ4v) is 1.91. The highest BCUT2D eigenvalue weighted by Crippen LogP contribution is 2.22. The Balaban J connectivity index is 3.07. The molecule has 1 rings (SSSR count). The van der Waals surface area contributed by atoms with Crippen molar-refractivity contribution in [2.45, 2.75) is 13.5 Å². The van der Waals surface area contributed by atoms with Gasteiger partial charge in [0.25, 0.3) is 0 Å². The summed E-state index contributed by atoms with van der Waals surface area (Å²) in [5.41, 5.74) is 1.61. The molecule has 3 nitrogen and oxygen atoms in total. The van der Waals surface area contributed by atoms with E-state index >= 15 is 0 Å². The van der Waals surface area contributed by atoms with Crippen LogP contribution in [0.5, 0.6) is 0 Å². The van der Waals surface area contributed by atoms with Crippen molar-refractivity contribution in [2.75, 3.05) is 7.11 Å². The quantitative estimate of drug-likeness (QED) is 0.709. The number of methoxy groups -OCH3 is 1. The van der Waals surface area contributed by atoms with E-state index in [0.717, 1.165) is 5.56 Å². The third kappa shape index (κ3) is 1.49. The van der Waals surface area contributed by atoms with Crippen LogP contribution in [0.1, 0.15) is 20.8 Å².